The number of aryl methyl sites for hydroxylation is 1. The van der Waals surface area contributed by atoms with Crippen LogP contribution in [0.3, 0.4) is 0 Å². The van der Waals surface area contributed by atoms with Crippen LogP contribution in [-0.2, 0) is 0 Å². The number of amides is 2. The fourth-order valence-electron chi connectivity index (χ4n) is 2.15. The zero-order chi connectivity index (χ0) is 16.9. The van der Waals surface area contributed by atoms with E-state index in [1.54, 1.807) is 18.3 Å². The molecule has 2 amide bonds. The molecular weight excluding hydrogens is 304 g/mol. The van der Waals surface area contributed by atoms with Gasteiger partial charge in [0.15, 0.2) is 0 Å². The number of carbonyl (C=O) groups excluding carboxylic acids is 1. The molecule has 0 radical (unpaired) electrons. The summed E-state index contributed by atoms with van der Waals surface area (Å²) < 4.78 is 0. The molecule has 0 unspecified atom stereocenters. The van der Waals surface area contributed by atoms with Crippen LogP contribution in [0.1, 0.15) is 5.56 Å². The zero-order valence-electron chi connectivity index (χ0n) is 13.0. The zero-order valence-corrected chi connectivity index (χ0v) is 13.0. The summed E-state index contributed by atoms with van der Waals surface area (Å²) in [7, 11) is 0. The van der Waals surface area contributed by atoms with Crippen molar-refractivity contribution in [1.82, 2.24) is 9.97 Å². The molecule has 1 heterocycles. The molecule has 6 heteroatoms. The summed E-state index contributed by atoms with van der Waals surface area (Å²) in [6, 6.07) is 14.4. The minimum Gasteiger partial charge on any atom is -0.326 e. The molecule has 3 rings (SSSR count). The molecule has 0 aliphatic rings. The number of H-pyrrole nitrogens is 1. The van der Waals surface area contributed by atoms with E-state index < -0.39 is 0 Å². The molecule has 0 spiro atoms. The summed E-state index contributed by atoms with van der Waals surface area (Å²) in [5.41, 5.74) is 3.78. The van der Waals surface area contributed by atoms with Gasteiger partial charge in [-0.1, -0.05) is 29.8 Å². The van der Waals surface area contributed by atoms with E-state index in [1.807, 2.05) is 43.3 Å². The van der Waals surface area contributed by atoms with Crippen molar-refractivity contribution in [3.8, 4) is 11.3 Å². The number of nitrogens with zero attached hydrogens (tertiary/aromatic N) is 1. The highest BCUT2D eigenvalue weighted by atomic mass is 16.2. The lowest BCUT2D eigenvalue weighted by Gasteiger charge is -2.08. The lowest BCUT2D eigenvalue weighted by Crippen LogP contribution is -2.19. The smallest absolute Gasteiger partial charge is 0.323 e. The highest BCUT2D eigenvalue weighted by Gasteiger charge is 2.04. The van der Waals surface area contributed by atoms with Crippen LogP contribution in [0.5, 0.6) is 0 Å². The number of carbonyl (C=O) groups is 1. The molecule has 1 aromatic heterocycles. The third-order valence-corrected chi connectivity index (χ3v) is 3.42. The van der Waals surface area contributed by atoms with Gasteiger partial charge >= 0.3 is 6.03 Å². The van der Waals surface area contributed by atoms with Crippen molar-refractivity contribution < 1.29 is 4.79 Å². The average molecular weight is 320 g/mol. The Morgan fingerprint density at radius 1 is 0.958 bits per heavy atom. The second-order valence-electron chi connectivity index (χ2n) is 5.32. The standard InChI is InChI=1S/C18H16N4O2/c1-12-2-6-14(7-3-12)21-18(24)22-15-8-4-13(5-9-15)16-10-20-17(23)11-19-16/h2-11H,1H3,(H,20,23)(H2,21,22,24). The Morgan fingerprint density at radius 3 is 2.08 bits per heavy atom. The first-order chi connectivity index (χ1) is 11.6. The molecule has 3 aromatic rings. The average Bonchev–Trinajstić information content (AvgIpc) is 2.58. The lowest BCUT2D eigenvalue weighted by atomic mass is 10.1. The van der Waals surface area contributed by atoms with E-state index in [4.69, 9.17) is 0 Å². The second kappa shape index (κ2) is 6.78. The largest absolute Gasteiger partial charge is 0.326 e. The van der Waals surface area contributed by atoms with Crippen molar-refractivity contribution >= 4 is 17.4 Å². The highest BCUT2D eigenvalue weighted by Crippen LogP contribution is 2.18. The minimum absolute atomic E-state index is 0.246. The van der Waals surface area contributed by atoms with Crippen LogP contribution < -0.4 is 16.2 Å². The van der Waals surface area contributed by atoms with Gasteiger partial charge < -0.3 is 15.6 Å². The van der Waals surface area contributed by atoms with Crippen LogP contribution in [0, 0.1) is 6.92 Å². The fraction of sp³-hybridized carbons (Fsp3) is 0.0556. The van der Waals surface area contributed by atoms with E-state index in [1.165, 1.54) is 6.20 Å². The Kier molecular flexibility index (Phi) is 4.38. The SMILES string of the molecule is Cc1ccc(NC(=O)Nc2ccc(-c3c[nH]c(=O)cn3)cc2)cc1. The van der Waals surface area contributed by atoms with Gasteiger partial charge in [0.25, 0.3) is 5.56 Å². The number of rotatable bonds is 3. The Bertz CT molecular complexity index is 879. The monoisotopic (exact) mass is 320 g/mol. The molecule has 0 saturated heterocycles. The Morgan fingerprint density at radius 2 is 1.54 bits per heavy atom. The normalized spacial score (nSPS) is 10.2. The molecule has 120 valence electrons. The van der Waals surface area contributed by atoms with Gasteiger partial charge in [0.2, 0.25) is 0 Å². The minimum atomic E-state index is -0.311. The number of urea groups is 1. The van der Waals surface area contributed by atoms with Crippen LogP contribution in [0.15, 0.2) is 65.7 Å². The molecular formula is C18H16N4O2. The van der Waals surface area contributed by atoms with Crippen LogP contribution in [0.25, 0.3) is 11.3 Å². The van der Waals surface area contributed by atoms with Crippen LogP contribution >= 0.6 is 0 Å². The summed E-state index contributed by atoms with van der Waals surface area (Å²) in [5.74, 6) is 0. The lowest BCUT2D eigenvalue weighted by molar-refractivity contribution is 0.262. The molecule has 3 N–H and O–H groups in total. The maximum atomic E-state index is 12.0. The molecule has 0 atom stereocenters. The summed E-state index contributed by atoms with van der Waals surface area (Å²) in [6.07, 6.45) is 2.78. The maximum absolute atomic E-state index is 12.0. The van der Waals surface area contributed by atoms with Gasteiger partial charge in [-0.2, -0.15) is 0 Å². The van der Waals surface area contributed by atoms with E-state index >= 15 is 0 Å². The topological polar surface area (TPSA) is 86.9 Å². The van der Waals surface area contributed by atoms with Crippen molar-refractivity contribution in [3.05, 3.63) is 76.8 Å². The highest BCUT2D eigenvalue weighted by molar-refractivity contribution is 5.99. The van der Waals surface area contributed by atoms with E-state index in [0.717, 1.165) is 16.8 Å². The Hall–Kier alpha value is -3.41. The molecule has 24 heavy (non-hydrogen) atoms. The molecule has 6 nitrogen and oxygen atoms in total. The Balaban J connectivity index is 1.65. The van der Waals surface area contributed by atoms with Crippen LogP contribution in [-0.4, -0.2) is 16.0 Å². The first-order valence-corrected chi connectivity index (χ1v) is 7.40. The molecule has 0 fully saturated rings. The van der Waals surface area contributed by atoms with Gasteiger partial charge in [0.05, 0.1) is 11.9 Å². The third kappa shape index (κ3) is 3.86. The number of anilines is 2. The van der Waals surface area contributed by atoms with Crippen molar-refractivity contribution in [2.45, 2.75) is 6.92 Å². The number of hydrogen-bond donors (Lipinski definition) is 3. The van der Waals surface area contributed by atoms with Gasteiger partial charge in [0.1, 0.15) is 0 Å². The number of aromatic nitrogens is 2. The molecule has 2 aromatic carbocycles. The van der Waals surface area contributed by atoms with E-state index in [-0.39, 0.29) is 11.6 Å². The van der Waals surface area contributed by atoms with Gasteiger partial charge in [-0.15, -0.1) is 0 Å². The molecule has 0 aliphatic heterocycles. The van der Waals surface area contributed by atoms with Crippen LogP contribution in [0.2, 0.25) is 0 Å². The number of nitrogens with one attached hydrogen (secondary N) is 3. The quantitative estimate of drug-likeness (QED) is 0.691. The predicted octanol–water partition coefficient (Wildman–Crippen LogP) is 3.39. The first-order valence-electron chi connectivity index (χ1n) is 7.40. The van der Waals surface area contributed by atoms with E-state index in [9.17, 15) is 9.59 Å². The number of benzene rings is 2. The number of hydrogen-bond acceptors (Lipinski definition) is 3. The van der Waals surface area contributed by atoms with Crippen molar-refractivity contribution in [2.75, 3.05) is 10.6 Å². The summed E-state index contributed by atoms with van der Waals surface area (Å²) in [4.78, 5) is 29.6. The van der Waals surface area contributed by atoms with Gasteiger partial charge in [0, 0.05) is 23.1 Å². The predicted molar refractivity (Wildman–Crippen MR) is 94.1 cm³/mol. The van der Waals surface area contributed by atoms with E-state index in [0.29, 0.717) is 11.4 Å². The molecule has 0 bridgehead atoms. The Labute approximate surface area is 138 Å². The van der Waals surface area contributed by atoms with Gasteiger partial charge in [-0.05, 0) is 31.2 Å². The third-order valence-electron chi connectivity index (χ3n) is 3.42. The van der Waals surface area contributed by atoms with Gasteiger partial charge in [-0.3, -0.25) is 4.79 Å². The van der Waals surface area contributed by atoms with Crippen molar-refractivity contribution in [3.63, 3.8) is 0 Å². The number of aromatic amines is 1. The summed E-state index contributed by atoms with van der Waals surface area (Å²) >= 11 is 0. The first kappa shape index (κ1) is 15.5. The van der Waals surface area contributed by atoms with E-state index in [2.05, 4.69) is 20.6 Å². The van der Waals surface area contributed by atoms with Crippen molar-refractivity contribution in [1.29, 1.82) is 0 Å². The summed E-state index contributed by atoms with van der Waals surface area (Å²) in [6.45, 7) is 1.99. The summed E-state index contributed by atoms with van der Waals surface area (Å²) in [5, 5.41) is 5.53. The molecule has 0 saturated carbocycles. The van der Waals surface area contributed by atoms with Gasteiger partial charge in [-0.25, -0.2) is 9.78 Å². The fourth-order valence-corrected chi connectivity index (χ4v) is 2.15. The second-order valence-corrected chi connectivity index (χ2v) is 5.32. The maximum Gasteiger partial charge on any atom is 0.323 e. The van der Waals surface area contributed by atoms with Crippen LogP contribution in [0.4, 0.5) is 16.2 Å². The van der Waals surface area contributed by atoms with Crippen molar-refractivity contribution in [2.24, 2.45) is 0 Å². The molecule has 0 aliphatic carbocycles.